The average molecular weight is 344 g/mol. The summed E-state index contributed by atoms with van der Waals surface area (Å²) in [6, 6.07) is 4.99. The number of hydrogen-bond acceptors (Lipinski definition) is 0. The van der Waals surface area contributed by atoms with E-state index >= 15 is 0 Å². The Hall–Kier alpha value is -2.03. The van der Waals surface area contributed by atoms with E-state index in [0.717, 1.165) is 25.7 Å². The minimum absolute atomic E-state index is 0.0152. The molecule has 0 nitrogen and oxygen atoms in total. The van der Waals surface area contributed by atoms with Crippen LogP contribution < -0.4 is 0 Å². The van der Waals surface area contributed by atoms with Gasteiger partial charge in [0.15, 0.2) is 11.6 Å². The molecule has 0 saturated heterocycles. The molecule has 132 valence electrons. The van der Waals surface area contributed by atoms with Gasteiger partial charge in [-0.05, 0) is 72.9 Å². The zero-order chi connectivity index (χ0) is 18.0. The lowest BCUT2D eigenvalue weighted by atomic mass is 9.78. The summed E-state index contributed by atoms with van der Waals surface area (Å²) in [4.78, 5) is 0. The molecule has 0 bridgehead atoms. The van der Waals surface area contributed by atoms with Crippen LogP contribution in [-0.2, 0) is 6.42 Å². The van der Waals surface area contributed by atoms with Gasteiger partial charge in [-0.3, -0.25) is 0 Å². The van der Waals surface area contributed by atoms with Gasteiger partial charge in [0.05, 0.1) is 5.39 Å². The molecule has 3 heteroatoms. The first kappa shape index (κ1) is 17.8. The molecule has 0 unspecified atom stereocenters. The van der Waals surface area contributed by atoms with E-state index in [1.54, 1.807) is 24.3 Å². The number of fused-ring (bicyclic) bond motifs is 1. The molecule has 0 aromatic heterocycles. The first-order valence-electron chi connectivity index (χ1n) is 8.89. The topological polar surface area (TPSA) is 0 Å². The number of allylic oxidation sites excluding steroid dienone is 2. The van der Waals surface area contributed by atoms with Crippen molar-refractivity contribution in [1.29, 1.82) is 0 Å². The van der Waals surface area contributed by atoms with Crippen LogP contribution in [-0.4, -0.2) is 0 Å². The van der Waals surface area contributed by atoms with Crippen molar-refractivity contribution in [1.82, 2.24) is 0 Å². The Morgan fingerprint density at radius 2 is 1.68 bits per heavy atom. The fourth-order valence-corrected chi connectivity index (χ4v) is 3.86. The van der Waals surface area contributed by atoms with Crippen molar-refractivity contribution < 1.29 is 13.2 Å². The Kier molecular flexibility index (Phi) is 5.31. The van der Waals surface area contributed by atoms with Crippen LogP contribution in [0.4, 0.5) is 13.2 Å². The molecule has 3 rings (SSSR count). The quantitative estimate of drug-likeness (QED) is 0.521. The molecule has 1 aliphatic carbocycles. The zero-order valence-corrected chi connectivity index (χ0v) is 14.3. The highest BCUT2D eigenvalue weighted by Gasteiger charge is 2.26. The van der Waals surface area contributed by atoms with Crippen molar-refractivity contribution in [3.63, 3.8) is 0 Å². The molecular weight excluding hydrogens is 321 g/mol. The molecule has 0 aliphatic heterocycles. The van der Waals surface area contributed by atoms with Crippen LogP contribution >= 0.6 is 0 Å². The molecule has 0 amide bonds. The van der Waals surface area contributed by atoms with E-state index < -0.39 is 17.5 Å². The van der Waals surface area contributed by atoms with Gasteiger partial charge in [-0.2, -0.15) is 0 Å². The van der Waals surface area contributed by atoms with E-state index in [1.807, 2.05) is 6.08 Å². The molecule has 25 heavy (non-hydrogen) atoms. The van der Waals surface area contributed by atoms with Gasteiger partial charge in [-0.1, -0.05) is 24.3 Å². The lowest BCUT2D eigenvalue weighted by Crippen LogP contribution is -2.13. The van der Waals surface area contributed by atoms with E-state index in [2.05, 4.69) is 13.2 Å². The standard InChI is InChI=1S/C22H23F3/c1-3-5-6-16-11-12-17-13-18(15-9-7-14(4-2)8-10-15)21(24)22(25)19(17)20(16)23/h3-4,11-15H,1-2,5-10H2. The number of rotatable bonds is 5. The van der Waals surface area contributed by atoms with Gasteiger partial charge in [-0.15, -0.1) is 13.2 Å². The van der Waals surface area contributed by atoms with Crippen molar-refractivity contribution in [3.8, 4) is 0 Å². The van der Waals surface area contributed by atoms with Crippen molar-refractivity contribution in [2.45, 2.75) is 44.4 Å². The smallest absolute Gasteiger partial charge is 0.169 e. The third-order valence-corrected chi connectivity index (χ3v) is 5.39. The molecule has 0 atom stereocenters. The van der Waals surface area contributed by atoms with Crippen LogP contribution in [0.5, 0.6) is 0 Å². The van der Waals surface area contributed by atoms with E-state index in [0.29, 0.717) is 35.3 Å². The van der Waals surface area contributed by atoms with Crippen molar-refractivity contribution in [3.05, 3.63) is 72.1 Å². The maximum atomic E-state index is 14.7. The van der Waals surface area contributed by atoms with Gasteiger partial charge in [0.2, 0.25) is 0 Å². The van der Waals surface area contributed by atoms with Crippen LogP contribution in [0.15, 0.2) is 43.5 Å². The first-order valence-corrected chi connectivity index (χ1v) is 8.89. The highest BCUT2D eigenvalue weighted by atomic mass is 19.2. The van der Waals surface area contributed by atoms with Crippen molar-refractivity contribution in [2.24, 2.45) is 5.92 Å². The van der Waals surface area contributed by atoms with Crippen LogP contribution in [0, 0.1) is 23.4 Å². The van der Waals surface area contributed by atoms with Gasteiger partial charge in [0, 0.05) is 0 Å². The summed E-state index contributed by atoms with van der Waals surface area (Å²) in [5, 5.41) is 0.196. The van der Waals surface area contributed by atoms with Crippen LogP contribution in [0.25, 0.3) is 10.8 Å². The lowest BCUT2D eigenvalue weighted by molar-refractivity contribution is 0.365. The molecule has 1 fully saturated rings. The van der Waals surface area contributed by atoms with E-state index in [1.165, 1.54) is 0 Å². The highest BCUT2D eigenvalue weighted by Crippen LogP contribution is 2.40. The number of hydrogen-bond donors (Lipinski definition) is 0. The average Bonchev–Trinajstić information content (AvgIpc) is 2.64. The predicted octanol–water partition coefficient (Wildman–Crippen LogP) is 6.84. The van der Waals surface area contributed by atoms with E-state index in [9.17, 15) is 13.2 Å². The van der Waals surface area contributed by atoms with Gasteiger partial charge in [-0.25, -0.2) is 13.2 Å². The summed E-state index contributed by atoms with van der Waals surface area (Å²) in [7, 11) is 0. The summed E-state index contributed by atoms with van der Waals surface area (Å²) in [5.74, 6) is -2.17. The second-order valence-electron chi connectivity index (χ2n) is 6.91. The summed E-state index contributed by atoms with van der Waals surface area (Å²) in [6.07, 6.45) is 8.12. The summed E-state index contributed by atoms with van der Waals surface area (Å²) in [5.41, 5.74) is 0.774. The second-order valence-corrected chi connectivity index (χ2v) is 6.91. The third kappa shape index (κ3) is 3.37. The SMILES string of the molecule is C=CCCc1ccc2cc(C3CCC(C=C)CC3)c(F)c(F)c2c1F. The molecule has 2 aromatic carbocycles. The third-order valence-electron chi connectivity index (χ3n) is 5.39. The van der Waals surface area contributed by atoms with Gasteiger partial charge >= 0.3 is 0 Å². The molecule has 2 aromatic rings. The fraction of sp³-hybridized carbons (Fsp3) is 0.364. The summed E-state index contributed by atoms with van der Waals surface area (Å²) < 4.78 is 44.0. The number of aryl methyl sites for hydroxylation is 1. The number of benzene rings is 2. The van der Waals surface area contributed by atoms with E-state index in [4.69, 9.17) is 0 Å². The molecule has 0 spiro atoms. The Bertz CT molecular complexity index is 799. The fourth-order valence-electron chi connectivity index (χ4n) is 3.86. The first-order chi connectivity index (χ1) is 12.1. The predicted molar refractivity (Wildman–Crippen MR) is 97.2 cm³/mol. The normalized spacial score (nSPS) is 20.6. The minimum Gasteiger partial charge on any atom is -0.206 e. The zero-order valence-electron chi connectivity index (χ0n) is 14.3. The molecule has 1 aliphatic rings. The maximum absolute atomic E-state index is 14.7. The second kappa shape index (κ2) is 7.47. The Morgan fingerprint density at radius 1 is 0.960 bits per heavy atom. The van der Waals surface area contributed by atoms with Crippen molar-refractivity contribution >= 4 is 10.8 Å². The van der Waals surface area contributed by atoms with E-state index in [-0.39, 0.29) is 11.3 Å². The van der Waals surface area contributed by atoms with Crippen LogP contribution in [0.3, 0.4) is 0 Å². The Morgan fingerprint density at radius 3 is 2.32 bits per heavy atom. The van der Waals surface area contributed by atoms with Gasteiger partial charge < -0.3 is 0 Å². The summed E-state index contributed by atoms with van der Waals surface area (Å²) >= 11 is 0. The molecular formula is C22H23F3. The maximum Gasteiger partial charge on any atom is 0.169 e. The molecule has 0 heterocycles. The van der Waals surface area contributed by atoms with Gasteiger partial charge in [0.1, 0.15) is 5.82 Å². The monoisotopic (exact) mass is 344 g/mol. The van der Waals surface area contributed by atoms with Crippen LogP contribution in [0.2, 0.25) is 0 Å². The van der Waals surface area contributed by atoms with Crippen molar-refractivity contribution in [2.75, 3.05) is 0 Å². The number of halogens is 3. The Labute approximate surface area is 147 Å². The van der Waals surface area contributed by atoms with Gasteiger partial charge in [0.25, 0.3) is 0 Å². The molecule has 1 saturated carbocycles. The lowest BCUT2D eigenvalue weighted by Gasteiger charge is -2.27. The Balaban J connectivity index is 2.01. The highest BCUT2D eigenvalue weighted by molar-refractivity contribution is 5.85. The minimum atomic E-state index is -1.06. The largest absolute Gasteiger partial charge is 0.206 e. The summed E-state index contributed by atoms with van der Waals surface area (Å²) in [6.45, 7) is 7.42. The molecule has 0 radical (unpaired) electrons. The van der Waals surface area contributed by atoms with Crippen LogP contribution in [0.1, 0.15) is 49.1 Å². The molecule has 0 N–H and O–H groups in total.